The highest BCUT2D eigenvalue weighted by molar-refractivity contribution is 8.00. The molecule has 6 heteroatoms. The molecule has 1 amide bonds. The number of carbonyl (C=O) groups excluding carboxylic acids is 1. The van der Waals surface area contributed by atoms with E-state index in [0.717, 1.165) is 10.5 Å². The first-order valence-electron chi connectivity index (χ1n) is 6.58. The summed E-state index contributed by atoms with van der Waals surface area (Å²) in [6, 6.07) is 13.6. The molecule has 116 valence electrons. The molecule has 0 unspecified atom stereocenters. The number of nitrogens with one attached hydrogen (secondary N) is 1. The Bertz CT molecular complexity index is 632. The Kier molecular flexibility index (Phi) is 5.77. The van der Waals surface area contributed by atoms with E-state index in [4.69, 9.17) is 0 Å². The van der Waals surface area contributed by atoms with Gasteiger partial charge in [0, 0.05) is 10.6 Å². The number of hydrogen-bond donors (Lipinski definition) is 1. The molecule has 0 atom stereocenters. The summed E-state index contributed by atoms with van der Waals surface area (Å²) in [6.45, 7) is -0.868. The molecule has 0 fully saturated rings. The van der Waals surface area contributed by atoms with Gasteiger partial charge in [-0.25, -0.2) is 0 Å². The second-order valence-electron chi connectivity index (χ2n) is 4.51. The van der Waals surface area contributed by atoms with Crippen molar-refractivity contribution in [1.82, 2.24) is 0 Å². The van der Waals surface area contributed by atoms with Gasteiger partial charge in [0.15, 0.2) is 0 Å². The zero-order chi connectivity index (χ0) is 15.9. The van der Waals surface area contributed by atoms with Crippen LogP contribution in [0.25, 0.3) is 0 Å². The molecule has 3 nitrogen and oxygen atoms in total. The Hall–Kier alpha value is -2.08. The second-order valence-corrected chi connectivity index (χ2v) is 5.52. The van der Waals surface area contributed by atoms with E-state index in [1.807, 2.05) is 31.2 Å². The Morgan fingerprint density at radius 1 is 1.18 bits per heavy atom. The van der Waals surface area contributed by atoms with E-state index in [0.29, 0.717) is 5.69 Å². The number of carbonyl (C=O) groups is 1. The van der Waals surface area contributed by atoms with Crippen LogP contribution in [0.1, 0.15) is 5.56 Å². The van der Waals surface area contributed by atoms with Crippen LogP contribution in [0.5, 0.6) is 5.75 Å². The first-order chi connectivity index (χ1) is 10.5. The van der Waals surface area contributed by atoms with E-state index < -0.39 is 6.61 Å². The first-order valence-corrected chi connectivity index (χ1v) is 7.56. The summed E-state index contributed by atoms with van der Waals surface area (Å²) in [6.07, 6.45) is 0. The number of rotatable bonds is 6. The first kappa shape index (κ1) is 16.3. The molecule has 0 heterocycles. The lowest BCUT2D eigenvalue weighted by molar-refractivity contribution is -0.113. The summed E-state index contributed by atoms with van der Waals surface area (Å²) >= 11 is 1.45. The predicted octanol–water partition coefficient (Wildman–Crippen LogP) is 4.33. The van der Waals surface area contributed by atoms with Crippen LogP contribution in [0.2, 0.25) is 0 Å². The van der Waals surface area contributed by atoms with Gasteiger partial charge < -0.3 is 10.1 Å². The van der Waals surface area contributed by atoms with Gasteiger partial charge in [0.25, 0.3) is 0 Å². The molecule has 22 heavy (non-hydrogen) atoms. The van der Waals surface area contributed by atoms with E-state index in [9.17, 15) is 13.6 Å². The third kappa shape index (κ3) is 5.04. The van der Waals surface area contributed by atoms with Crippen LogP contribution in [0.15, 0.2) is 53.4 Å². The molecule has 0 aliphatic heterocycles. The van der Waals surface area contributed by atoms with Gasteiger partial charge in [-0.3, -0.25) is 4.79 Å². The number of alkyl halides is 2. The van der Waals surface area contributed by atoms with Gasteiger partial charge in [0.2, 0.25) is 5.91 Å². The Labute approximate surface area is 131 Å². The SMILES string of the molecule is Cc1ccccc1SCC(=O)Nc1ccc(OC(F)F)cc1. The molecule has 2 aromatic carbocycles. The summed E-state index contributed by atoms with van der Waals surface area (Å²) in [4.78, 5) is 12.9. The molecule has 0 bridgehead atoms. The number of benzene rings is 2. The fourth-order valence-corrected chi connectivity index (χ4v) is 2.61. The highest BCUT2D eigenvalue weighted by Crippen LogP contribution is 2.22. The summed E-state index contributed by atoms with van der Waals surface area (Å²) < 4.78 is 28.3. The minimum absolute atomic E-state index is 0.0577. The molecule has 1 N–H and O–H groups in total. The fourth-order valence-electron chi connectivity index (χ4n) is 1.78. The van der Waals surface area contributed by atoms with Crippen molar-refractivity contribution in [1.29, 1.82) is 0 Å². The Balaban J connectivity index is 1.85. The van der Waals surface area contributed by atoms with E-state index in [1.54, 1.807) is 0 Å². The average molecular weight is 323 g/mol. The van der Waals surface area contributed by atoms with Crippen LogP contribution in [0.3, 0.4) is 0 Å². The van der Waals surface area contributed by atoms with Crippen molar-refractivity contribution in [2.24, 2.45) is 0 Å². The summed E-state index contributed by atoms with van der Waals surface area (Å²) in [5, 5.41) is 2.71. The number of amides is 1. The minimum Gasteiger partial charge on any atom is -0.435 e. The van der Waals surface area contributed by atoms with Gasteiger partial charge in [-0.15, -0.1) is 11.8 Å². The number of aryl methyl sites for hydroxylation is 1. The maximum Gasteiger partial charge on any atom is 0.387 e. The van der Waals surface area contributed by atoms with Crippen molar-refractivity contribution >= 4 is 23.4 Å². The van der Waals surface area contributed by atoms with Gasteiger partial charge >= 0.3 is 6.61 Å². The van der Waals surface area contributed by atoms with Crippen molar-refractivity contribution < 1.29 is 18.3 Å². The van der Waals surface area contributed by atoms with Crippen molar-refractivity contribution in [2.75, 3.05) is 11.1 Å². The van der Waals surface area contributed by atoms with Crippen LogP contribution in [0.4, 0.5) is 14.5 Å². The maximum atomic E-state index is 12.0. The van der Waals surface area contributed by atoms with Gasteiger partial charge in [0.05, 0.1) is 5.75 Å². The fraction of sp³-hybridized carbons (Fsp3) is 0.188. The standard InChI is InChI=1S/C16H15F2NO2S/c1-11-4-2-3-5-14(11)22-10-15(20)19-12-6-8-13(9-7-12)21-16(17)18/h2-9,16H,10H2,1H3,(H,19,20). The number of anilines is 1. The smallest absolute Gasteiger partial charge is 0.387 e. The molecule has 0 aromatic heterocycles. The van der Waals surface area contributed by atoms with Crippen LogP contribution < -0.4 is 10.1 Å². The zero-order valence-electron chi connectivity index (χ0n) is 11.9. The molecule has 0 spiro atoms. The van der Waals surface area contributed by atoms with Crippen molar-refractivity contribution in [3.05, 3.63) is 54.1 Å². The van der Waals surface area contributed by atoms with Crippen LogP contribution in [-0.2, 0) is 4.79 Å². The largest absolute Gasteiger partial charge is 0.435 e. The monoisotopic (exact) mass is 323 g/mol. The maximum absolute atomic E-state index is 12.0. The number of hydrogen-bond acceptors (Lipinski definition) is 3. The van der Waals surface area contributed by atoms with Crippen LogP contribution >= 0.6 is 11.8 Å². The lowest BCUT2D eigenvalue weighted by atomic mass is 10.2. The summed E-state index contributed by atoms with van der Waals surface area (Å²) in [5.74, 6) is 0.179. The topological polar surface area (TPSA) is 38.3 Å². The lowest BCUT2D eigenvalue weighted by Crippen LogP contribution is -2.14. The second kappa shape index (κ2) is 7.79. The normalized spacial score (nSPS) is 10.5. The number of thioether (sulfide) groups is 1. The van der Waals surface area contributed by atoms with E-state index >= 15 is 0 Å². The molecule has 0 aliphatic carbocycles. The van der Waals surface area contributed by atoms with Gasteiger partial charge in [-0.05, 0) is 42.8 Å². The van der Waals surface area contributed by atoms with Crippen molar-refractivity contribution in [3.8, 4) is 5.75 Å². The number of halogens is 2. The molecule has 0 aliphatic rings. The third-order valence-corrected chi connectivity index (χ3v) is 3.99. The van der Waals surface area contributed by atoms with Crippen molar-refractivity contribution in [3.63, 3.8) is 0 Å². The minimum atomic E-state index is -2.86. The molecular formula is C16H15F2NO2S. The molecule has 0 saturated carbocycles. The van der Waals surface area contributed by atoms with Crippen LogP contribution in [-0.4, -0.2) is 18.3 Å². The van der Waals surface area contributed by atoms with Gasteiger partial charge in [-0.2, -0.15) is 8.78 Å². The summed E-state index contributed by atoms with van der Waals surface area (Å²) in [7, 11) is 0. The van der Waals surface area contributed by atoms with Gasteiger partial charge in [0.1, 0.15) is 5.75 Å². The lowest BCUT2D eigenvalue weighted by Gasteiger charge is -2.08. The van der Waals surface area contributed by atoms with Crippen LogP contribution in [0, 0.1) is 6.92 Å². The van der Waals surface area contributed by atoms with E-state index in [1.165, 1.54) is 36.0 Å². The highest BCUT2D eigenvalue weighted by atomic mass is 32.2. The highest BCUT2D eigenvalue weighted by Gasteiger charge is 2.07. The predicted molar refractivity (Wildman–Crippen MR) is 83.6 cm³/mol. The quantitative estimate of drug-likeness (QED) is 0.804. The Morgan fingerprint density at radius 2 is 1.86 bits per heavy atom. The molecule has 0 saturated heterocycles. The van der Waals surface area contributed by atoms with Gasteiger partial charge in [-0.1, -0.05) is 18.2 Å². The molecular weight excluding hydrogens is 308 g/mol. The summed E-state index contributed by atoms with van der Waals surface area (Å²) in [5.41, 5.74) is 1.66. The van der Waals surface area contributed by atoms with Crippen molar-refractivity contribution in [2.45, 2.75) is 18.4 Å². The average Bonchev–Trinajstić information content (AvgIpc) is 2.48. The van der Waals surface area contributed by atoms with E-state index in [2.05, 4.69) is 10.1 Å². The van der Waals surface area contributed by atoms with E-state index in [-0.39, 0.29) is 17.4 Å². The molecule has 0 radical (unpaired) electrons. The zero-order valence-corrected chi connectivity index (χ0v) is 12.7. The Morgan fingerprint density at radius 3 is 2.50 bits per heavy atom. The molecule has 2 rings (SSSR count). The third-order valence-electron chi connectivity index (χ3n) is 2.82. The molecule has 2 aromatic rings. The number of ether oxygens (including phenoxy) is 1.